The molecular formula is C49H65N9O5. The van der Waals surface area contributed by atoms with Crippen LogP contribution in [0, 0.1) is 23.7 Å². The van der Waals surface area contributed by atoms with Crippen molar-refractivity contribution >= 4 is 35.2 Å². The largest absolute Gasteiger partial charge is 0.490 e. The van der Waals surface area contributed by atoms with Gasteiger partial charge in [-0.25, -0.2) is 11.4 Å². The molecule has 1 aliphatic carbocycles. The zero-order valence-corrected chi connectivity index (χ0v) is 37.2. The van der Waals surface area contributed by atoms with Crippen molar-refractivity contribution in [3.05, 3.63) is 82.9 Å². The predicted octanol–water partition coefficient (Wildman–Crippen LogP) is 5.72. The number of aromatic nitrogens is 1. The number of fused-ring (bicyclic) bond motifs is 1. The SMILES string of the molecule is CN1CCC(Oc2cccc(-c3onc4ccc(/C(N)=N/NN)cc34)c2)CC1.CNC(=O)CCC(C=O)N(C)Cc1cc(C#CC2CCN(CC3CCCCC3)CC2)ccc1C=O. The Morgan fingerprint density at radius 3 is 2.51 bits per heavy atom. The number of rotatable bonds is 15. The average molecular weight is 860 g/mol. The number of benzene rings is 3. The van der Waals surface area contributed by atoms with Crippen LogP contribution < -0.4 is 27.2 Å². The molecule has 6 N–H and O–H groups in total. The summed E-state index contributed by atoms with van der Waals surface area (Å²) in [4.78, 5) is 41.6. The fourth-order valence-electron chi connectivity index (χ4n) is 8.75. The fraction of sp³-hybridized carbons (Fsp3) is 0.490. The van der Waals surface area contributed by atoms with E-state index in [0.717, 1.165) is 109 Å². The van der Waals surface area contributed by atoms with Crippen molar-refractivity contribution < 1.29 is 23.6 Å². The Labute approximate surface area is 372 Å². The van der Waals surface area contributed by atoms with Gasteiger partial charge in [-0.1, -0.05) is 54.5 Å². The number of aldehydes is 2. The van der Waals surface area contributed by atoms with Crippen LogP contribution in [-0.4, -0.2) is 110 Å². The Morgan fingerprint density at radius 2 is 1.79 bits per heavy atom. The van der Waals surface area contributed by atoms with E-state index in [-0.39, 0.29) is 30.3 Å². The molecule has 1 saturated carbocycles. The molecule has 2 aliphatic heterocycles. The van der Waals surface area contributed by atoms with Crippen molar-refractivity contribution in [2.45, 2.75) is 89.3 Å². The number of piperidine rings is 2. The summed E-state index contributed by atoms with van der Waals surface area (Å²) in [5, 5.41) is 11.4. The normalized spacial score (nSPS) is 17.6. The minimum absolute atomic E-state index is 0.0871. The van der Waals surface area contributed by atoms with Gasteiger partial charge in [0.05, 0.1) is 11.4 Å². The van der Waals surface area contributed by atoms with Crippen LogP contribution in [0.1, 0.15) is 97.7 Å². The molecule has 336 valence electrons. The van der Waals surface area contributed by atoms with Gasteiger partial charge in [0.2, 0.25) is 5.91 Å². The Balaban J connectivity index is 0.000000214. The lowest BCUT2D eigenvalue weighted by Crippen LogP contribution is -2.37. The third kappa shape index (κ3) is 13.7. The molecule has 0 radical (unpaired) electrons. The highest BCUT2D eigenvalue weighted by atomic mass is 16.5. The second kappa shape index (κ2) is 23.7. The number of hydrogen-bond acceptors (Lipinski definition) is 12. The van der Waals surface area contributed by atoms with Gasteiger partial charge < -0.3 is 34.9 Å². The molecule has 4 aromatic rings. The molecule has 3 aliphatic rings. The van der Waals surface area contributed by atoms with Crippen molar-refractivity contribution in [3.8, 4) is 28.9 Å². The number of ether oxygens (including phenoxy) is 1. The monoisotopic (exact) mass is 860 g/mol. The quantitative estimate of drug-likeness (QED) is 0.0285. The summed E-state index contributed by atoms with van der Waals surface area (Å²) >= 11 is 0. The Kier molecular flexibility index (Phi) is 17.7. The summed E-state index contributed by atoms with van der Waals surface area (Å²) in [6, 6.07) is 18.8. The van der Waals surface area contributed by atoms with Crippen LogP contribution in [0.3, 0.4) is 0 Å². The number of nitrogens with two attached hydrogens (primary N) is 2. The number of hydrogen-bond donors (Lipinski definition) is 4. The second-order valence-electron chi connectivity index (χ2n) is 17.2. The average Bonchev–Trinajstić information content (AvgIpc) is 3.74. The highest BCUT2D eigenvalue weighted by Gasteiger charge is 2.23. The molecule has 1 unspecified atom stereocenters. The summed E-state index contributed by atoms with van der Waals surface area (Å²) in [6.07, 6.45) is 14.0. The molecule has 63 heavy (non-hydrogen) atoms. The standard InChI is InChI=1S/C29H41N3O3.C20H24N6O2/c1-30-29(35)13-12-28(22-34)31(2)20-27-18-24(10-11-26(27)21-33)9-8-23-14-16-32(17-15-23)19-25-6-4-3-5-7-25;1-26-9-7-15(8-10-26)27-16-4-2-3-13(11-16)19-17-12-14(20(21)23-25-22)5-6-18(17)24-28-19/h10-11,18,21-23,25,28H,3-7,12-17,19-20H2,1-2H3,(H,30,35);2-6,11-12,15,25H,7-10,22H2,1H3,(H2,21,23). The zero-order chi connectivity index (χ0) is 44.6. The maximum Gasteiger partial charge on any atom is 0.219 e. The van der Waals surface area contributed by atoms with Crippen LogP contribution in [0.25, 0.3) is 22.2 Å². The molecule has 7 rings (SSSR count). The number of likely N-dealkylation sites (N-methyl/N-ethyl adjacent to an activating group) is 1. The molecule has 1 amide bonds. The van der Waals surface area contributed by atoms with Gasteiger partial charge >= 0.3 is 0 Å². The van der Waals surface area contributed by atoms with Crippen LogP contribution in [0.4, 0.5) is 0 Å². The van der Waals surface area contributed by atoms with Gasteiger partial charge in [0, 0.05) is 67.8 Å². The summed E-state index contributed by atoms with van der Waals surface area (Å²) < 4.78 is 11.8. The molecule has 1 atom stereocenters. The summed E-state index contributed by atoms with van der Waals surface area (Å²) in [6.45, 7) is 6.09. The van der Waals surface area contributed by atoms with Crippen molar-refractivity contribution in [1.82, 2.24) is 30.7 Å². The predicted molar refractivity (Wildman–Crippen MR) is 248 cm³/mol. The molecule has 14 nitrogen and oxygen atoms in total. The van der Waals surface area contributed by atoms with E-state index < -0.39 is 0 Å². The van der Waals surface area contributed by atoms with Crippen molar-refractivity contribution in [1.29, 1.82) is 0 Å². The van der Waals surface area contributed by atoms with Gasteiger partial charge in [-0.3, -0.25) is 14.5 Å². The first-order valence-corrected chi connectivity index (χ1v) is 22.5. The number of likely N-dealkylation sites (tertiary alicyclic amines) is 2. The van der Waals surface area contributed by atoms with Crippen LogP contribution in [0.15, 0.2) is 70.3 Å². The molecule has 3 heterocycles. The first kappa shape index (κ1) is 46.9. The van der Waals surface area contributed by atoms with Crippen LogP contribution in [0.5, 0.6) is 5.75 Å². The van der Waals surface area contributed by atoms with E-state index in [4.69, 9.17) is 20.8 Å². The minimum atomic E-state index is -0.389. The number of amides is 1. The lowest BCUT2D eigenvalue weighted by molar-refractivity contribution is -0.121. The van der Waals surface area contributed by atoms with Gasteiger partial charge in [0.15, 0.2) is 11.6 Å². The molecule has 2 saturated heterocycles. The zero-order valence-electron chi connectivity index (χ0n) is 37.2. The van der Waals surface area contributed by atoms with E-state index in [2.05, 4.69) is 49.8 Å². The van der Waals surface area contributed by atoms with Crippen LogP contribution in [0.2, 0.25) is 0 Å². The minimum Gasteiger partial charge on any atom is -0.490 e. The van der Waals surface area contributed by atoms with Gasteiger partial charge in [-0.2, -0.15) is 0 Å². The Morgan fingerprint density at radius 1 is 1.02 bits per heavy atom. The second-order valence-corrected chi connectivity index (χ2v) is 17.2. The van der Waals surface area contributed by atoms with E-state index in [1.807, 2.05) is 72.6 Å². The molecule has 14 heteroatoms. The maximum absolute atomic E-state index is 11.6. The molecule has 1 aromatic heterocycles. The van der Waals surface area contributed by atoms with E-state index in [0.29, 0.717) is 30.2 Å². The number of carbonyl (C=O) groups is 3. The van der Waals surface area contributed by atoms with Crippen molar-refractivity contribution in [2.75, 3.05) is 53.9 Å². The molecular weight excluding hydrogens is 795 g/mol. The third-order valence-corrected chi connectivity index (χ3v) is 12.6. The molecule has 3 fully saturated rings. The number of nitrogens with one attached hydrogen (secondary N) is 2. The Hall–Kier alpha value is -5.59. The smallest absolute Gasteiger partial charge is 0.219 e. The highest BCUT2D eigenvalue weighted by Crippen LogP contribution is 2.32. The van der Waals surface area contributed by atoms with E-state index >= 15 is 0 Å². The molecule has 0 bridgehead atoms. The summed E-state index contributed by atoms with van der Waals surface area (Å²) in [7, 11) is 5.57. The maximum atomic E-state index is 11.6. The first-order chi connectivity index (χ1) is 30.7. The summed E-state index contributed by atoms with van der Waals surface area (Å²) in [5.41, 5.74) is 12.9. The lowest BCUT2D eigenvalue weighted by atomic mass is 9.88. The first-order valence-electron chi connectivity index (χ1n) is 22.5. The highest BCUT2D eigenvalue weighted by molar-refractivity contribution is 6.02. The number of hydrazine groups is 1. The van der Waals surface area contributed by atoms with E-state index in [9.17, 15) is 14.4 Å². The Bertz CT molecular complexity index is 2210. The van der Waals surface area contributed by atoms with Crippen LogP contribution in [-0.2, 0) is 16.1 Å². The van der Waals surface area contributed by atoms with E-state index in [1.54, 1.807) is 7.05 Å². The van der Waals surface area contributed by atoms with Gasteiger partial charge in [-0.05, 0) is 126 Å². The van der Waals surface area contributed by atoms with Gasteiger partial charge in [0.25, 0.3) is 0 Å². The van der Waals surface area contributed by atoms with Crippen LogP contribution >= 0.6 is 0 Å². The van der Waals surface area contributed by atoms with Crippen molar-refractivity contribution in [2.24, 2.45) is 28.5 Å². The molecule has 3 aromatic carbocycles. The number of carbonyl (C=O) groups excluding carboxylic acids is 3. The topological polar surface area (TPSA) is 185 Å². The van der Waals surface area contributed by atoms with Gasteiger partial charge in [0.1, 0.15) is 29.9 Å². The molecule has 0 spiro atoms. The van der Waals surface area contributed by atoms with Gasteiger partial charge in [-0.15, -0.1) is 5.10 Å². The van der Waals surface area contributed by atoms with E-state index in [1.165, 1.54) is 38.6 Å². The number of nitrogens with zero attached hydrogens (tertiary/aromatic N) is 5. The lowest BCUT2D eigenvalue weighted by Gasteiger charge is -2.34. The number of hydrazone groups is 1. The third-order valence-electron chi connectivity index (χ3n) is 12.6. The summed E-state index contributed by atoms with van der Waals surface area (Å²) in [5.74, 6) is 15.0. The van der Waals surface area contributed by atoms with Crippen molar-refractivity contribution in [3.63, 3.8) is 0 Å². The fourth-order valence-corrected chi connectivity index (χ4v) is 8.75. The number of amidine groups is 1.